The van der Waals surface area contributed by atoms with Crippen molar-refractivity contribution < 1.29 is 14.3 Å². The average molecular weight is 416 g/mol. The number of benzene rings is 2. The molecule has 1 aliphatic heterocycles. The second-order valence-electron chi connectivity index (χ2n) is 7.01. The standard InChI is InChI=1S/C22H26ClN3O3/c1-29-20-5-2-4-17(16-20)6-11-21(27)25-12-3-13-26(15-14-25)22(28)24-19-9-7-18(23)8-10-19/h2,4-5,7-10,16H,3,6,11-15H2,1H3,(H,24,28). The van der Waals surface area contributed by atoms with Crippen molar-refractivity contribution in [3.63, 3.8) is 0 Å². The van der Waals surface area contributed by atoms with E-state index in [-0.39, 0.29) is 11.9 Å². The van der Waals surface area contributed by atoms with Gasteiger partial charge in [0.05, 0.1) is 7.11 Å². The lowest BCUT2D eigenvalue weighted by Crippen LogP contribution is -2.39. The van der Waals surface area contributed by atoms with Gasteiger partial charge in [-0.15, -0.1) is 0 Å². The van der Waals surface area contributed by atoms with Crippen molar-refractivity contribution in [1.82, 2.24) is 9.80 Å². The Balaban J connectivity index is 1.48. The van der Waals surface area contributed by atoms with Crippen LogP contribution in [0.25, 0.3) is 0 Å². The molecule has 1 aliphatic rings. The Morgan fingerprint density at radius 3 is 2.52 bits per heavy atom. The maximum absolute atomic E-state index is 12.6. The third-order valence-electron chi connectivity index (χ3n) is 4.99. The molecule has 3 rings (SSSR count). The summed E-state index contributed by atoms with van der Waals surface area (Å²) in [5, 5.41) is 3.51. The Kier molecular flexibility index (Phi) is 7.36. The van der Waals surface area contributed by atoms with E-state index in [0.29, 0.717) is 49.7 Å². The molecule has 0 radical (unpaired) electrons. The van der Waals surface area contributed by atoms with Crippen molar-refractivity contribution in [1.29, 1.82) is 0 Å². The molecule has 1 saturated heterocycles. The minimum Gasteiger partial charge on any atom is -0.497 e. The fraction of sp³-hybridized carbons (Fsp3) is 0.364. The van der Waals surface area contributed by atoms with E-state index in [9.17, 15) is 9.59 Å². The summed E-state index contributed by atoms with van der Waals surface area (Å²) in [4.78, 5) is 28.8. The van der Waals surface area contributed by atoms with E-state index in [2.05, 4.69) is 5.32 Å². The summed E-state index contributed by atoms with van der Waals surface area (Å²) in [6, 6.07) is 14.6. The fourth-order valence-corrected chi connectivity index (χ4v) is 3.47. The quantitative estimate of drug-likeness (QED) is 0.801. The van der Waals surface area contributed by atoms with E-state index in [0.717, 1.165) is 17.7 Å². The van der Waals surface area contributed by atoms with Crippen LogP contribution in [0.5, 0.6) is 5.75 Å². The van der Waals surface area contributed by atoms with Crippen LogP contribution < -0.4 is 10.1 Å². The number of ether oxygens (including phenoxy) is 1. The zero-order valence-corrected chi connectivity index (χ0v) is 17.3. The molecule has 0 unspecified atom stereocenters. The van der Waals surface area contributed by atoms with Crippen LogP contribution in [0.3, 0.4) is 0 Å². The SMILES string of the molecule is COc1cccc(CCC(=O)N2CCCN(C(=O)Nc3ccc(Cl)cc3)CC2)c1. The lowest BCUT2D eigenvalue weighted by atomic mass is 10.1. The lowest BCUT2D eigenvalue weighted by molar-refractivity contribution is -0.131. The molecule has 3 amide bonds. The molecule has 6 nitrogen and oxygen atoms in total. The van der Waals surface area contributed by atoms with Crippen molar-refractivity contribution in [2.24, 2.45) is 0 Å². The van der Waals surface area contributed by atoms with E-state index in [1.165, 1.54) is 0 Å². The summed E-state index contributed by atoms with van der Waals surface area (Å²) in [5.41, 5.74) is 1.78. The van der Waals surface area contributed by atoms with E-state index < -0.39 is 0 Å². The van der Waals surface area contributed by atoms with Crippen molar-refractivity contribution in [3.8, 4) is 5.75 Å². The fourth-order valence-electron chi connectivity index (χ4n) is 3.34. The molecular weight excluding hydrogens is 390 g/mol. The highest BCUT2D eigenvalue weighted by atomic mass is 35.5. The highest BCUT2D eigenvalue weighted by Crippen LogP contribution is 2.16. The van der Waals surface area contributed by atoms with Crippen LogP contribution in [-0.2, 0) is 11.2 Å². The van der Waals surface area contributed by atoms with Crippen molar-refractivity contribution in [2.75, 3.05) is 38.6 Å². The number of urea groups is 1. The van der Waals surface area contributed by atoms with Gasteiger partial charge in [0.1, 0.15) is 5.75 Å². The second-order valence-corrected chi connectivity index (χ2v) is 7.45. The number of amides is 3. The van der Waals surface area contributed by atoms with E-state index in [4.69, 9.17) is 16.3 Å². The highest BCUT2D eigenvalue weighted by molar-refractivity contribution is 6.30. The molecule has 0 spiro atoms. The molecule has 0 bridgehead atoms. The van der Waals surface area contributed by atoms with E-state index in [1.54, 1.807) is 36.3 Å². The number of nitrogens with zero attached hydrogens (tertiary/aromatic N) is 2. The zero-order chi connectivity index (χ0) is 20.6. The van der Waals surface area contributed by atoms with Gasteiger partial charge in [0.25, 0.3) is 0 Å². The first-order chi connectivity index (χ1) is 14.0. The number of rotatable bonds is 5. The molecule has 0 saturated carbocycles. The first-order valence-corrected chi connectivity index (χ1v) is 10.1. The minimum absolute atomic E-state index is 0.118. The van der Waals surface area contributed by atoms with Crippen LogP contribution >= 0.6 is 11.6 Å². The number of hydrogen-bond donors (Lipinski definition) is 1. The number of carbonyl (C=O) groups is 2. The molecule has 7 heteroatoms. The monoisotopic (exact) mass is 415 g/mol. The summed E-state index contributed by atoms with van der Waals surface area (Å²) >= 11 is 5.88. The van der Waals surface area contributed by atoms with Gasteiger partial charge in [-0.2, -0.15) is 0 Å². The topological polar surface area (TPSA) is 61.9 Å². The number of halogens is 1. The Labute approximate surface area is 176 Å². The normalized spacial score (nSPS) is 14.3. The minimum atomic E-state index is -0.155. The molecule has 0 aliphatic carbocycles. The van der Waals surface area contributed by atoms with E-state index in [1.807, 2.05) is 29.2 Å². The Morgan fingerprint density at radius 2 is 1.76 bits per heavy atom. The Hall–Kier alpha value is -2.73. The molecule has 1 fully saturated rings. The highest BCUT2D eigenvalue weighted by Gasteiger charge is 2.22. The molecule has 0 atom stereocenters. The molecule has 1 N–H and O–H groups in total. The van der Waals surface area contributed by atoms with Crippen molar-refractivity contribution in [3.05, 3.63) is 59.1 Å². The lowest BCUT2D eigenvalue weighted by Gasteiger charge is -2.22. The second kappa shape index (κ2) is 10.2. The zero-order valence-electron chi connectivity index (χ0n) is 16.6. The van der Waals surface area contributed by atoms with Gasteiger partial charge in [-0.05, 0) is 54.8 Å². The molecule has 2 aromatic rings. The van der Waals surface area contributed by atoms with Gasteiger partial charge >= 0.3 is 6.03 Å². The summed E-state index contributed by atoms with van der Waals surface area (Å²) in [6.07, 6.45) is 1.89. The third kappa shape index (κ3) is 6.12. The van der Waals surface area contributed by atoms with Crippen LogP contribution in [0.1, 0.15) is 18.4 Å². The summed E-state index contributed by atoms with van der Waals surface area (Å²) in [6.45, 7) is 2.36. The van der Waals surface area contributed by atoms with Gasteiger partial charge in [0.2, 0.25) is 5.91 Å². The van der Waals surface area contributed by atoms with Crippen molar-refractivity contribution >= 4 is 29.2 Å². The predicted molar refractivity (Wildman–Crippen MR) is 115 cm³/mol. The van der Waals surface area contributed by atoms with Crippen LogP contribution in [0.15, 0.2) is 48.5 Å². The first-order valence-electron chi connectivity index (χ1n) is 9.77. The van der Waals surface area contributed by atoms with Crippen LogP contribution in [0, 0.1) is 0 Å². The molecular formula is C22H26ClN3O3. The Bertz CT molecular complexity index is 841. The van der Waals surface area contributed by atoms with E-state index >= 15 is 0 Å². The maximum atomic E-state index is 12.6. The predicted octanol–water partition coefficient (Wildman–Crippen LogP) is 4.05. The van der Waals surface area contributed by atoms with Gasteiger partial charge in [-0.1, -0.05) is 23.7 Å². The number of carbonyl (C=O) groups excluding carboxylic acids is 2. The van der Waals surface area contributed by atoms with Crippen molar-refractivity contribution in [2.45, 2.75) is 19.3 Å². The van der Waals surface area contributed by atoms with Gasteiger partial charge in [0.15, 0.2) is 0 Å². The first kappa shape index (κ1) is 21.0. The molecule has 2 aromatic carbocycles. The van der Waals surface area contributed by atoms with Gasteiger partial charge in [-0.25, -0.2) is 4.79 Å². The van der Waals surface area contributed by atoms with Gasteiger partial charge in [0, 0.05) is 43.3 Å². The number of aryl methyl sites for hydroxylation is 1. The van der Waals surface area contributed by atoms with Gasteiger partial charge < -0.3 is 19.9 Å². The number of nitrogens with one attached hydrogen (secondary N) is 1. The number of methoxy groups -OCH3 is 1. The Morgan fingerprint density at radius 1 is 1.03 bits per heavy atom. The van der Waals surface area contributed by atoms with Gasteiger partial charge in [-0.3, -0.25) is 4.79 Å². The molecule has 1 heterocycles. The largest absolute Gasteiger partial charge is 0.497 e. The molecule has 154 valence electrons. The summed E-state index contributed by atoms with van der Waals surface area (Å²) in [7, 11) is 1.64. The van der Waals surface area contributed by atoms with Crippen LogP contribution in [0.4, 0.5) is 10.5 Å². The third-order valence-corrected chi connectivity index (χ3v) is 5.24. The summed E-state index contributed by atoms with van der Waals surface area (Å²) in [5.74, 6) is 0.917. The number of anilines is 1. The molecule has 29 heavy (non-hydrogen) atoms. The smallest absolute Gasteiger partial charge is 0.321 e. The molecule has 0 aromatic heterocycles. The van der Waals surface area contributed by atoms with Crippen LogP contribution in [0.2, 0.25) is 5.02 Å². The van der Waals surface area contributed by atoms with Crippen LogP contribution in [-0.4, -0.2) is 55.0 Å². The number of hydrogen-bond acceptors (Lipinski definition) is 3. The summed E-state index contributed by atoms with van der Waals surface area (Å²) < 4.78 is 5.23. The average Bonchev–Trinajstić information content (AvgIpc) is 3.00. The maximum Gasteiger partial charge on any atom is 0.321 e.